The molecule has 0 aromatic heterocycles. The van der Waals surface area contributed by atoms with Crippen molar-refractivity contribution < 1.29 is 5.11 Å². The molecule has 2 heteroatoms. The summed E-state index contributed by atoms with van der Waals surface area (Å²) in [4.78, 5) is 0. The molecule has 0 bridgehead atoms. The molecule has 1 unspecified atom stereocenters. The van der Waals surface area contributed by atoms with Gasteiger partial charge in [0.2, 0.25) is 0 Å². The van der Waals surface area contributed by atoms with Crippen molar-refractivity contribution in [3.8, 4) is 0 Å². The highest BCUT2D eigenvalue weighted by Gasteiger charge is 2.59. The van der Waals surface area contributed by atoms with Gasteiger partial charge in [0.05, 0.1) is 5.60 Å². The number of aliphatic hydroxyl groups is 1. The van der Waals surface area contributed by atoms with Gasteiger partial charge in [0.25, 0.3) is 0 Å². The minimum atomic E-state index is -0.658. The molecule has 1 aliphatic rings. The van der Waals surface area contributed by atoms with Crippen molar-refractivity contribution in [2.24, 2.45) is 23.0 Å². The summed E-state index contributed by atoms with van der Waals surface area (Å²) >= 11 is 0. The van der Waals surface area contributed by atoms with Crippen LogP contribution in [0.3, 0.4) is 0 Å². The highest BCUT2D eigenvalue weighted by molar-refractivity contribution is 5.15. The fourth-order valence-electron chi connectivity index (χ4n) is 3.50. The maximum atomic E-state index is 10.8. The van der Waals surface area contributed by atoms with Crippen LogP contribution in [0.25, 0.3) is 0 Å². The summed E-state index contributed by atoms with van der Waals surface area (Å²) in [7, 11) is 0. The Bertz CT molecular complexity index is 249. The van der Waals surface area contributed by atoms with Crippen LogP contribution in [0.5, 0.6) is 0 Å². The van der Waals surface area contributed by atoms with Gasteiger partial charge in [0, 0.05) is 5.54 Å². The lowest BCUT2D eigenvalue weighted by atomic mass is 9.51. The van der Waals surface area contributed by atoms with Crippen molar-refractivity contribution in [2.75, 3.05) is 0 Å². The maximum absolute atomic E-state index is 10.8. The minimum Gasteiger partial charge on any atom is -0.388 e. The molecule has 0 saturated heterocycles. The molecular weight excluding hydrogens is 198 g/mol. The molecule has 16 heavy (non-hydrogen) atoms. The van der Waals surface area contributed by atoms with Crippen LogP contribution >= 0.6 is 0 Å². The molecule has 0 aromatic carbocycles. The zero-order valence-electron chi connectivity index (χ0n) is 11.8. The smallest absolute Gasteiger partial charge is 0.0839 e. The summed E-state index contributed by atoms with van der Waals surface area (Å²) in [5.41, 5.74) is 5.72. The van der Waals surface area contributed by atoms with Gasteiger partial charge < -0.3 is 10.8 Å². The molecular formula is C14H29NO. The average molecular weight is 227 g/mol. The Morgan fingerprint density at radius 2 is 1.62 bits per heavy atom. The van der Waals surface area contributed by atoms with Crippen molar-refractivity contribution in [3.05, 3.63) is 0 Å². The summed E-state index contributed by atoms with van der Waals surface area (Å²) in [6.45, 7) is 13.0. The van der Waals surface area contributed by atoms with Gasteiger partial charge in [-0.1, -0.05) is 41.5 Å². The van der Waals surface area contributed by atoms with Crippen LogP contribution in [0, 0.1) is 17.3 Å². The molecule has 0 aromatic rings. The molecule has 0 radical (unpaired) electrons. The van der Waals surface area contributed by atoms with E-state index in [2.05, 4.69) is 41.5 Å². The predicted octanol–water partition coefficient (Wildman–Crippen LogP) is 2.94. The second kappa shape index (κ2) is 3.99. The van der Waals surface area contributed by atoms with Gasteiger partial charge in [-0.25, -0.2) is 0 Å². The molecule has 3 N–H and O–H groups in total. The first-order valence-corrected chi connectivity index (χ1v) is 6.54. The van der Waals surface area contributed by atoms with E-state index in [9.17, 15) is 5.11 Å². The van der Waals surface area contributed by atoms with E-state index in [-0.39, 0.29) is 5.41 Å². The zero-order chi connectivity index (χ0) is 12.8. The summed E-state index contributed by atoms with van der Waals surface area (Å²) in [6, 6.07) is 0. The summed E-state index contributed by atoms with van der Waals surface area (Å²) in [5.74, 6) is 0.844. The lowest BCUT2D eigenvalue weighted by molar-refractivity contribution is -0.177. The lowest BCUT2D eigenvalue weighted by Gasteiger charge is -2.60. The zero-order valence-corrected chi connectivity index (χ0v) is 11.8. The number of nitrogens with two attached hydrogens (primary N) is 1. The fourth-order valence-corrected chi connectivity index (χ4v) is 3.50. The summed E-state index contributed by atoms with van der Waals surface area (Å²) < 4.78 is 0. The predicted molar refractivity (Wildman–Crippen MR) is 69.2 cm³/mol. The van der Waals surface area contributed by atoms with Crippen molar-refractivity contribution in [3.63, 3.8) is 0 Å². The minimum absolute atomic E-state index is 0.255. The molecule has 1 rings (SSSR count). The summed E-state index contributed by atoms with van der Waals surface area (Å²) in [6.07, 6.45) is 2.57. The monoisotopic (exact) mass is 227 g/mol. The molecule has 96 valence electrons. The van der Waals surface area contributed by atoms with Gasteiger partial charge in [-0.15, -0.1) is 0 Å². The van der Waals surface area contributed by atoms with Crippen LogP contribution in [0.15, 0.2) is 0 Å². The van der Waals surface area contributed by atoms with Crippen LogP contribution in [0.4, 0.5) is 0 Å². The third-order valence-electron chi connectivity index (χ3n) is 4.18. The SMILES string of the molecule is CC(C)CC(N)(C(C)C)C1(O)CC(C)(C)C1. The molecule has 1 aliphatic carbocycles. The van der Waals surface area contributed by atoms with Gasteiger partial charge in [0.15, 0.2) is 0 Å². The van der Waals surface area contributed by atoms with Crippen molar-refractivity contribution in [1.29, 1.82) is 0 Å². The Morgan fingerprint density at radius 1 is 1.19 bits per heavy atom. The number of hydrogen-bond donors (Lipinski definition) is 2. The number of rotatable bonds is 4. The first-order valence-electron chi connectivity index (χ1n) is 6.54. The van der Waals surface area contributed by atoms with Crippen LogP contribution in [0.1, 0.15) is 60.8 Å². The first-order chi connectivity index (χ1) is 7.02. The standard InChI is InChI=1S/C14H29NO/c1-10(2)7-14(15,11(3)4)13(16)8-12(5,6)9-13/h10-11,16H,7-9,15H2,1-6H3. The Balaban J connectivity index is 2.87. The Hall–Kier alpha value is -0.0800. The third kappa shape index (κ3) is 2.28. The van der Waals surface area contributed by atoms with Gasteiger partial charge in [0.1, 0.15) is 0 Å². The highest BCUT2D eigenvalue weighted by atomic mass is 16.3. The molecule has 1 atom stereocenters. The second-order valence-electron chi connectivity index (χ2n) is 7.34. The molecule has 0 amide bonds. The van der Waals surface area contributed by atoms with Gasteiger partial charge in [-0.05, 0) is 36.5 Å². The Kier molecular flexibility index (Phi) is 3.49. The van der Waals surface area contributed by atoms with E-state index >= 15 is 0 Å². The quantitative estimate of drug-likeness (QED) is 0.775. The third-order valence-corrected chi connectivity index (χ3v) is 4.18. The van der Waals surface area contributed by atoms with E-state index in [1.807, 2.05) is 0 Å². The molecule has 1 fully saturated rings. The maximum Gasteiger partial charge on any atom is 0.0839 e. The van der Waals surface area contributed by atoms with Crippen molar-refractivity contribution in [1.82, 2.24) is 0 Å². The van der Waals surface area contributed by atoms with Crippen LogP contribution in [0.2, 0.25) is 0 Å². The van der Waals surface area contributed by atoms with E-state index in [1.54, 1.807) is 0 Å². The topological polar surface area (TPSA) is 46.2 Å². The molecule has 0 heterocycles. The van der Waals surface area contributed by atoms with Gasteiger partial charge in [-0.2, -0.15) is 0 Å². The van der Waals surface area contributed by atoms with Crippen LogP contribution in [-0.4, -0.2) is 16.2 Å². The van der Waals surface area contributed by atoms with E-state index < -0.39 is 11.1 Å². The first kappa shape index (κ1) is 14.0. The molecule has 2 nitrogen and oxygen atoms in total. The fraction of sp³-hybridized carbons (Fsp3) is 1.00. The molecule has 0 spiro atoms. The van der Waals surface area contributed by atoms with Crippen LogP contribution in [-0.2, 0) is 0 Å². The van der Waals surface area contributed by atoms with E-state index in [0.717, 1.165) is 19.3 Å². The van der Waals surface area contributed by atoms with E-state index in [0.29, 0.717) is 11.8 Å². The molecule has 1 saturated carbocycles. The molecule has 0 aliphatic heterocycles. The Labute approximate surface area is 101 Å². The largest absolute Gasteiger partial charge is 0.388 e. The average Bonchev–Trinajstić information content (AvgIpc) is 1.97. The van der Waals surface area contributed by atoms with Crippen molar-refractivity contribution >= 4 is 0 Å². The van der Waals surface area contributed by atoms with Gasteiger partial charge >= 0.3 is 0 Å². The normalized spacial score (nSPS) is 26.6. The van der Waals surface area contributed by atoms with E-state index in [4.69, 9.17) is 5.73 Å². The van der Waals surface area contributed by atoms with Crippen molar-refractivity contribution in [2.45, 2.75) is 71.9 Å². The highest BCUT2D eigenvalue weighted by Crippen LogP contribution is 2.55. The lowest BCUT2D eigenvalue weighted by Crippen LogP contribution is -2.71. The Morgan fingerprint density at radius 3 is 1.88 bits per heavy atom. The summed E-state index contributed by atoms with van der Waals surface area (Å²) in [5, 5.41) is 10.8. The number of hydrogen-bond acceptors (Lipinski definition) is 2. The van der Waals surface area contributed by atoms with E-state index in [1.165, 1.54) is 0 Å². The van der Waals surface area contributed by atoms with Gasteiger partial charge in [-0.3, -0.25) is 0 Å². The second-order valence-corrected chi connectivity index (χ2v) is 7.34. The van der Waals surface area contributed by atoms with Crippen LogP contribution < -0.4 is 5.73 Å².